The first kappa shape index (κ1) is 18.1. The predicted molar refractivity (Wildman–Crippen MR) is 99.4 cm³/mol. The minimum atomic E-state index is -0.959. The van der Waals surface area contributed by atoms with Gasteiger partial charge in [0.15, 0.2) is 5.69 Å². The molecular weight excluding hydrogens is 330 g/mol. The standard InChI is InChI=1S/C21H21NO4/c1-26-21-10-9-15(11-16-5-2-3-6-18(16)14-23)12-20(21)17-7-4-8-19(13-17)22(24)25/h2-10,12-13,22-24H,11,14H2,1H3. The lowest BCUT2D eigenvalue weighted by atomic mass is 9.96. The molecule has 0 saturated heterocycles. The molecule has 0 heterocycles. The number of rotatable bonds is 6. The van der Waals surface area contributed by atoms with Gasteiger partial charge in [-0.2, -0.15) is 5.23 Å². The van der Waals surface area contributed by atoms with Crippen molar-refractivity contribution in [3.05, 3.63) is 88.6 Å². The molecule has 0 fully saturated rings. The van der Waals surface area contributed by atoms with Crippen molar-refractivity contribution in [2.24, 2.45) is 0 Å². The average molecular weight is 351 g/mol. The van der Waals surface area contributed by atoms with Crippen LogP contribution in [0.3, 0.4) is 0 Å². The van der Waals surface area contributed by atoms with Crippen LogP contribution in [0.2, 0.25) is 0 Å². The van der Waals surface area contributed by atoms with Crippen LogP contribution >= 0.6 is 0 Å². The molecular formula is C21H21NO4. The van der Waals surface area contributed by atoms with Gasteiger partial charge in [0.05, 0.1) is 13.7 Å². The van der Waals surface area contributed by atoms with Crippen molar-refractivity contribution in [2.75, 3.05) is 7.11 Å². The first-order chi connectivity index (χ1) is 12.6. The average Bonchev–Trinajstić information content (AvgIpc) is 2.68. The van der Waals surface area contributed by atoms with Gasteiger partial charge in [0, 0.05) is 17.7 Å². The van der Waals surface area contributed by atoms with E-state index in [4.69, 9.17) is 4.74 Å². The van der Waals surface area contributed by atoms with Crippen LogP contribution in [0.1, 0.15) is 16.7 Å². The van der Waals surface area contributed by atoms with E-state index in [9.17, 15) is 15.5 Å². The molecule has 3 N–H and O–H groups in total. The van der Waals surface area contributed by atoms with E-state index >= 15 is 0 Å². The molecule has 0 aliphatic rings. The monoisotopic (exact) mass is 351 g/mol. The van der Waals surface area contributed by atoms with Crippen molar-refractivity contribution in [1.82, 2.24) is 0 Å². The summed E-state index contributed by atoms with van der Waals surface area (Å²) < 4.78 is 5.46. The van der Waals surface area contributed by atoms with Crippen molar-refractivity contribution in [3.63, 3.8) is 0 Å². The normalized spacial score (nSPS) is 12.0. The Balaban J connectivity index is 2.00. The van der Waals surface area contributed by atoms with Gasteiger partial charge in [-0.05, 0) is 40.8 Å². The van der Waals surface area contributed by atoms with E-state index in [1.807, 2.05) is 48.5 Å². The number of benzene rings is 3. The number of aliphatic hydroxyl groups is 1. The summed E-state index contributed by atoms with van der Waals surface area (Å²) in [7, 11) is 1.60. The molecule has 1 atom stereocenters. The van der Waals surface area contributed by atoms with Crippen molar-refractivity contribution in [1.29, 1.82) is 0 Å². The highest BCUT2D eigenvalue weighted by molar-refractivity contribution is 5.73. The number of ether oxygens (including phenoxy) is 1. The fraction of sp³-hybridized carbons (Fsp3) is 0.143. The summed E-state index contributed by atoms with van der Waals surface area (Å²) >= 11 is 0. The van der Waals surface area contributed by atoms with Crippen LogP contribution in [-0.4, -0.2) is 17.4 Å². The zero-order valence-electron chi connectivity index (χ0n) is 14.5. The zero-order valence-corrected chi connectivity index (χ0v) is 14.5. The highest BCUT2D eigenvalue weighted by Crippen LogP contribution is 2.32. The summed E-state index contributed by atoms with van der Waals surface area (Å²) in [6, 6.07) is 20.5. The van der Waals surface area contributed by atoms with Crippen LogP contribution in [0.4, 0.5) is 5.69 Å². The first-order valence-electron chi connectivity index (χ1n) is 8.30. The third kappa shape index (κ3) is 3.92. The number of aliphatic hydroxyl groups excluding tert-OH is 1. The van der Waals surface area contributed by atoms with Gasteiger partial charge in [0.1, 0.15) is 5.75 Å². The van der Waals surface area contributed by atoms with Crippen LogP contribution in [0.15, 0.2) is 66.7 Å². The molecule has 3 aromatic rings. The smallest absolute Gasteiger partial charge is 0.164 e. The van der Waals surface area contributed by atoms with Crippen molar-refractivity contribution >= 4 is 5.69 Å². The number of hydrogen-bond acceptors (Lipinski definition) is 4. The lowest BCUT2D eigenvalue weighted by Gasteiger charge is -2.15. The molecule has 0 aliphatic heterocycles. The fourth-order valence-electron chi connectivity index (χ4n) is 3.01. The van der Waals surface area contributed by atoms with Crippen LogP contribution in [-0.2, 0) is 13.0 Å². The Hall–Kier alpha value is -2.70. The van der Waals surface area contributed by atoms with E-state index in [0.29, 0.717) is 12.2 Å². The summed E-state index contributed by atoms with van der Waals surface area (Å²) in [5.74, 6) is 0.687. The Morgan fingerprint density at radius 2 is 1.73 bits per heavy atom. The second kappa shape index (κ2) is 8.12. The summed E-state index contributed by atoms with van der Waals surface area (Å²) in [5, 5.41) is 29.1. The summed E-state index contributed by atoms with van der Waals surface area (Å²) in [5.41, 5.74) is 4.89. The van der Waals surface area contributed by atoms with Crippen LogP contribution in [0.25, 0.3) is 11.1 Å². The Morgan fingerprint density at radius 1 is 0.962 bits per heavy atom. The molecule has 5 heteroatoms. The van der Waals surface area contributed by atoms with Gasteiger partial charge in [-0.3, -0.25) is 0 Å². The molecule has 0 radical (unpaired) electrons. The van der Waals surface area contributed by atoms with Gasteiger partial charge >= 0.3 is 0 Å². The first-order valence-corrected chi connectivity index (χ1v) is 8.30. The maximum Gasteiger partial charge on any atom is 0.164 e. The Morgan fingerprint density at radius 3 is 2.42 bits per heavy atom. The molecule has 26 heavy (non-hydrogen) atoms. The third-order valence-corrected chi connectivity index (χ3v) is 4.37. The molecule has 5 nitrogen and oxygen atoms in total. The summed E-state index contributed by atoms with van der Waals surface area (Å²) in [4.78, 5) is 0. The highest BCUT2D eigenvalue weighted by Gasteiger charge is 2.11. The van der Waals surface area contributed by atoms with Crippen molar-refractivity contribution in [3.8, 4) is 16.9 Å². The minimum Gasteiger partial charge on any atom is -0.595 e. The summed E-state index contributed by atoms with van der Waals surface area (Å²) in [6.07, 6.45) is 0.673. The van der Waals surface area contributed by atoms with Crippen LogP contribution in [0.5, 0.6) is 5.75 Å². The predicted octanol–water partition coefficient (Wildman–Crippen LogP) is 2.85. The molecule has 0 bridgehead atoms. The lowest BCUT2D eigenvalue weighted by Crippen LogP contribution is -2.99. The topological polar surface area (TPSA) is 77.2 Å². The number of quaternary nitrogens is 1. The maximum atomic E-state index is 11.3. The SMILES string of the molecule is COc1ccc(Cc2ccccc2CO)cc1-c1cccc([NH+]([O-])O)c1. The fourth-order valence-corrected chi connectivity index (χ4v) is 3.01. The van der Waals surface area contributed by atoms with Crippen molar-refractivity contribution in [2.45, 2.75) is 13.0 Å². The Kier molecular flexibility index (Phi) is 5.65. The van der Waals surface area contributed by atoms with E-state index < -0.39 is 5.23 Å². The lowest BCUT2D eigenvalue weighted by molar-refractivity contribution is -0.991. The van der Waals surface area contributed by atoms with Gasteiger partial charge in [0.2, 0.25) is 0 Å². The molecule has 3 aromatic carbocycles. The molecule has 134 valence electrons. The number of methoxy groups -OCH3 is 1. The molecule has 1 unspecified atom stereocenters. The molecule has 0 aromatic heterocycles. The van der Waals surface area contributed by atoms with E-state index in [-0.39, 0.29) is 12.3 Å². The van der Waals surface area contributed by atoms with Gasteiger partial charge < -0.3 is 15.1 Å². The molecule has 0 amide bonds. The number of hydrogen-bond donors (Lipinski definition) is 3. The van der Waals surface area contributed by atoms with E-state index in [1.54, 1.807) is 25.3 Å². The van der Waals surface area contributed by atoms with Crippen LogP contribution < -0.4 is 9.96 Å². The third-order valence-electron chi connectivity index (χ3n) is 4.37. The molecule has 0 aliphatic carbocycles. The zero-order chi connectivity index (χ0) is 18.5. The van der Waals surface area contributed by atoms with Gasteiger partial charge in [0.25, 0.3) is 0 Å². The Bertz CT molecular complexity index is 893. The van der Waals surface area contributed by atoms with E-state index in [2.05, 4.69) is 0 Å². The minimum absolute atomic E-state index is 0.000157. The maximum absolute atomic E-state index is 11.3. The van der Waals surface area contributed by atoms with Gasteiger partial charge in [-0.15, -0.1) is 0 Å². The van der Waals surface area contributed by atoms with Crippen molar-refractivity contribution < 1.29 is 20.3 Å². The van der Waals surface area contributed by atoms with E-state index in [1.165, 1.54) is 0 Å². The summed E-state index contributed by atoms with van der Waals surface area (Å²) in [6.45, 7) is -0.000157. The highest BCUT2D eigenvalue weighted by atomic mass is 16.8. The second-order valence-electron chi connectivity index (χ2n) is 6.02. The molecule has 0 spiro atoms. The van der Waals surface area contributed by atoms with Gasteiger partial charge in [-0.1, -0.05) is 42.5 Å². The van der Waals surface area contributed by atoms with E-state index in [0.717, 1.165) is 27.8 Å². The second-order valence-corrected chi connectivity index (χ2v) is 6.02. The molecule has 3 rings (SSSR count). The van der Waals surface area contributed by atoms with Crippen LogP contribution in [0, 0.1) is 5.21 Å². The Labute approximate surface area is 152 Å². The quantitative estimate of drug-likeness (QED) is 0.597. The van der Waals surface area contributed by atoms with Gasteiger partial charge in [-0.25, -0.2) is 5.21 Å². The molecule has 0 saturated carbocycles. The number of nitrogens with one attached hydrogen (secondary N) is 1. The largest absolute Gasteiger partial charge is 0.595 e.